The third kappa shape index (κ3) is 1.27. The first kappa shape index (κ1) is 8.44. The minimum atomic E-state index is 0.800. The predicted octanol–water partition coefficient (Wildman–Crippen LogP) is 1.27. The van der Waals surface area contributed by atoms with Crippen LogP contribution in [0, 0.1) is 0 Å². The Morgan fingerprint density at radius 1 is 1.54 bits per heavy atom. The van der Waals surface area contributed by atoms with Crippen LogP contribution in [-0.4, -0.2) is 11.0 Å². The molecule has 4 heteroatoms. The van der Waals surface area contributed by atoms with Crippen LogP contribution in [0.3, 0.4) is 0 Å². The zero-order valence-electron chi connectivity index (χ0n) is 7.07. The summed E-state index contributed by atoms with van der Waals surface area (Å²) < 4.78 is 4.44. The number of imidazole rings is 1. The molecule has 1 aromatic heterocycles. The van der Waals surface area contributed by atoms with E-state index in [9.17, 15) is 4.79 Å². The normalized spacial score (nSPS) is 10.6. The van der Waals surface area contributed by atoms with Gasteiger partial charge < -0.3 is 0 Å². The Morgan fingerprint density at radius 3 is 3.00 bits per heavy atom. The molecule has 0 atom stereocenters. The lowest BCUT2D eigenvalue weighted by atomic mass is 10.3. The third-order valence-electron chi connectivity index (χ3n) is 2.01. The lowest BCUT2D eigenvalue weighted by Gasteiger charge is -1.88. The Hall–Kier alpha value is -1.16. The van der Waals surface area contributed by atoms with E-state index in [1.54, 1.807) is 10.9 Å². The van der Waals surface area contributed by atoms with E-state index in [1.807, 2.05) is 29.8 Å². The van der Waals surface area contributed by atoms with Crippen molar-refractivity contribution in [1.29, 1.82) is 0 Å². The maximum absolute atomic E-state index is 10.7. The summed E-state index contributed by atoms with van der Waals surface area (Å²) in [5, 5.41) is 0. The molecule has 0 aliphatic rings. The van der Waals surface area contributed by atoms with Gasteiger partial charge in [-0.1, -0.05) is 15.9 Å². The molecule has 0 saturated heterocycles. The van der Waals surface area contributed by atoms with Crippen LogP contribution in [0.1, 0.15) is 0 Å². The van der Waals surface area contributed by atoms with Crippen molar-refractivity contribution in [2.24, 2.45) is 7.05 Å². The van der Waals surface area contributed by atoms with Crippen molar-refractivity contribution in [3.05, 3.63) is 29.0 Å². The first-order valence-corrected chi connectivity index (χ1v) is 4.62. The molecular formula is C9H8BrN2O+. The maximum atomic E-state index is 10.7. The van der Waals surface area contributed by atoms with Gasteiger partial charge in [-0.05, 0) is 12.1 Å². The monoisotopic (exact) mass is 239 g/mol. The van der Waals surface area contributed by atoms with E-state index in [-0.39, 0.29) is 0 Å². The van der Waals surface area contributed by atoms with E-state index in [1.165, 1.54) is 0 Å². The molecule has 13 heavy (non-hydrogen) atoms. The van der Waals surface area contributed by atoms with Crippen molar-refractivity contribution in [3.63, 3.8) is 0 Å². The number of halogens is 1. The van der Waals surface area contributed by atoms with Crippen LogP contribution in [-0.2, 0) is 11.8 Å². The first-order chi connectivity index (χ1) is 6.22. The number of hydrogen-bond acceptors (Lipinski definition) is 1. The SMILES string of the molecule is C[n+]1cn(C=O)c2cc(Br)ccc21. The maximum Gasteiger partial charge on any atom is 0.302 e. The molecule has 0 amide bonds. The van der Waals surface area contributed by atoms with Gasteiger partial charge in [-0.15, -0.1) is 0 Å². The zero-order valence-corrected chi connectivity index (χ0v) is 8.65. The van der Waals surface area contributed by atoms with Gasteiger partial charge in [-0.3, -0.25) is 4.79 Å². The van der Waals surface area contributed by atoms with Crippen LogP contribution >= 0.6 is 15.9 Å². The van der Waals surface area contributed by atoms with E-state index in [4.69, 9.17) is 0 Å². The number of carbonyl (C=O) groups is 1. The predicted molar refractivity (Wildman–Crippen MR) is 53.0 cm³/mol. The van der Waals surface area contributed by atoms with Gasteiger partial charge in [0.2, 0.25) is 0 Å². The number of rotatable bonds is 1. The minimum Gasteiger partial charge on any atom is -0.250 e. The Balaban J connectivity index is 2.89. The van der Waals surface area contributed by atoms with Crippen molar-refractivity contribution >= 4 is 33.4 Å². The fourth-order valence-corrected chi connectivity index (χ4v) is 1.75. The summed E-state index contributed by atoms with van der Waals surface area (Å²) in [6.45, 7) is 0. The summed E-state index contributed by atoms with van der Waals surface area (Å²) in [5.41, 5.74) is 1.95. The van der Waals surface area contributed by atoms with Gasteiger partial charge in [0.1, 0.15) is 0 Å². The van der Waals surface area contributed by atoms with Crippen molar-refractivity contribution in [2.75, 3.05) is 0 Å². The first-order valence-electron chi connectivity index (χ1n) is 3.83. The number of carbonyl (C=O) groups excluding carboxylic acids is 1. The Labute approximate surface area is 83.7 Å². The highest BCUT2D eigenvalue weighted by molar-refractivity contribution is 9.10. The number of benzene rings is 1. The quantitative estimate of drug-likeness (QED) is 0.544. The number of aryl methyl sites for hydroxylation is 1. The van der Waals surface area contributed by atoms with Gasteiger partial charge in [0.05, 0.1) is 7.05 Å². The molecule has 0 aliphatic heterocycles. The number of hydrogen-bond donors (Lipinski definition) is 0. The summed E-state index contributed by atoms with van der Waals surface area (Å²) in [6, 6.07) is 5.85. The largest absolute Gasteiger partial charge is 0.302 e. The standard InChI is InChI=1S/C9H8BrN2O/c1-11-5-12(6-13)9-4-7(10)2-3-8(9)11/h2-6H,1H3/q+1. The summed E-state index contributed by atoms with van der Waals surface area (Å²) >= 11 is 3.37. The van der Waals surface area contributed by atoms with E-state index in [0.717, 1.165) is 21.9 Å². The van der Waals surface area contributed by atoms with Gasteiger partial charge in [-0.2, -0.15) is 4.57 Å². The van der Waals surface area contributed by atoms with Crippen LogP contribution in [0.25, 0.3) is 11.0 Å². The number of fused-ring (bicyclic) bond motifs is 1. The molecule has 3 nitrogen and oxygen atoms in total. The van der Waals surface area contributed by atoms with Crippen molar-refractivity contribution in [3.8, 4) is 0 Å². The van der Waals surface area contributed by atoms with E-state index < -0.39 is 0 Å². The summed E-state index contributed by atoms with van der Waals surface area (Å²) in [7, 11) is 1.91. The molecule has 0 bridgehead atoms. The third-order valence-corrected chi connectivity index (χ3v) is 2.50. The average Bonchev–Trinajstić information content (AvgIpc) is 2.42. The van der Waals surface area contributed by atoms with Crippen molar-refractivity contribution < 1.29 is 9.36 Å². The van der Waals surface area contributed by atoms with Gasteiger partial charge in [0, 0.05) is 10.5 Å². The van der Waals surface area contributed by atoms with Crippen LogP contribution in [0.2, 0.25) is 0 Å². The molecule has 2 rings (SSSR count). The van der Waals surface area contributed by atoms with E-state index in [0.29, 0.717) is 0 Å². The van der Waals surface area contributed by atoms with Crippen molar-refractivity contribution in [2.45, 2.75) is 0 Å². The molecule has 0 unspecified atom stereocenters. The molecule has 0 spiro atoms. The Bertz CT molecular complexity index is 476. The van der Waals surface area contributed by atoms with Crippen LogP contribution in [0.5, 0.6) is 0 Å². The van der Waals surface area contributed by atoms with Crippen molar-refractivity contribution in [1.82, 2.24) is 4.57 Å². The molecule has 1 heterocycles. The Kier molecular flexibility index (Phi) is 1.92. The second-order valence-electron chi connectivity index (χ2n) is 2.87. The van der Waals surface area contributed by atoms with Crippen LogP contribution in [0.15, 0.2) is 29.0 Å². The Morgan fingerprint density at radius 2 is 2.31 bits per heavy atom. The number of aromatic nitrogens is 2. The molecule has 1 aromatic carbocycles. The molecule has 66 valence electrons. The second-order valence-corrected chi connectivity index (χ2v) is 3.79. The highest BCUT2D eigenvalue weighted by Crippen LogP contribution is 2.16. The highest BCUT2D eigenvalue weighted by atomic mass is 79.9. The second kappa shape index (κ2) is 2.96. The van der Waals surface area contributed by atoms with Gasteiger partial charge in [-0.25, -0.2) is 4.57 Å². The summed E-state index contributed by atoms with van der Waals surface area (Å²) in [6.07, 6.45) is 2.55. The topological polar surface area (TPSA) is 25.9 Å². The number of nitrogens with zero attached hydrogens (tertiary/aromatic N) is 2. The molecule has 0 aliphatic carbocycles. The lowest BCUT2D eigenvalue weighted by Crippen LogP contribution is -2.25. The average molecular weight is 240 g/mol. The van der Waals surface area contributed by atoms with Crippen LogP contribution < -0.4 is 4.57 Å². The van der Waals surface area contributed by atoms with Gasteiger partial charge in [0.15, 0.2) is 11.0 Å². The molecule has 0 fully saturated rings. The molecule has 2 aromatic rings. The molecule has 0 saturated carbocycles. The zero-order chi connectivity index (χ0) is 9.42. The smallest absolute Gasteiger partial charge is 0.250 e. The van der Waals surface area contributed by atoms with Gasteiger partial charge >= 0.3 is 6.41 Å². The van der Waals surface area contributed by atoms with Gasteiger partial charge in [0.25, 0.3) is 6.33 Å². The van der Waals surface area contributed by atoms with Crippen LogP contribution in [0.4, 0.5) is 0 Å². The summed E-state index contributed by atoms with van der Waals surface area (Å²) in [4.78, 5) is 10.7. The summed E-state index contributed by atoms with van der Waals surface area (Å²) in [5.74, 6) is 0. The molecule has 0 N–H and O–H groups in total. The fourth-order valence-electron chi connectivity index (χ4n) is 1.40. The molecular weight excluding hydrogens is 232 g/mol. The minimum absolute atomic E-state index is 0.800. The molecule has 0 radical (unpaired) electrons. The highest BCUT2D eigenvalue weighted by Gasteiger charge is 2.11. The fraction of sp³-hybridized carbons (Fsp3) is 0.111. The van der Waals surface area contributed by atoms with E-state index in [2.05, 4.69) is 15.9 Å². The lowest BCUT2D eigenvalue weighted by molar-refractivity contribution is -0.645. The van der Waals surface area contributed by atoms with E-state index >= 15 is 0 Å².